The standard InChI is InChI=1S/C15H26O/c1-3-5-7-8-9-10-11-12-14-15(16)13-6-4-2/h4,6,9,11,15-16H,3,5,7-8,12-14H2,1-2H3/b6-4+/t10?,15-/m0/s1. The first-order chi connectivity index (χ1) is 7.81. The first kappa shape index (κ1) is 15.2. The minimum atomic E-state index is -0.200. The molecule has 0 amide bonds. The monoisotopic (exact) mass is 222 g/mol. The molecule has 0 aromatic rings. The topological polar surface area (TPSA) is 20.2 Å². The number of aliphatic hydroxyl groups is 1. The highest BCUT2D eigenvalue weighted by molar-refractivity contribution is 4.86. The van der Waals surface area contributed by atoms with Gasteiger partial charge in [0.25, 0.3) is 0 Å². The Hall–Kier alpha value is -0.780. The van der Waals surface area contributed by atoms with Gasteiger partial charge in [-0.3, -0.25) is 0 Å². The SMILES string of the molecule is C/C=C/C[C@H](O)CCC=C=CCCCCC. The van der Waals surface area contributed by atoms with Gasteiger partial charge in [0.2, 0.25) is 0 Å². The van der Waals surface area contributed by atoms with E-state index in [0.717, 1.165) is 25.7 Å². The number of aliphatic hydroxyl groups excluding tert-OH is 1. The van der Waals surface area contributed by atoms with Crippen LogP contribution in [0, 0.1) is 0 Å². The fourth-order valence-electron chi connectivity index (χ4n) is 1.43. The van der Waals surface area contributed by atoms with E-state index in [4.69, 9.17) is 0 Å². The lowest BCUT2D eigenvalue weighted by atomic mass is 10.1. The number of unbranched alkanes of at least 4 members (excludes halogenated alkanes) is 3. The summed E-state index contributed by atoms with van der Waals surface area (Å²) in [5.74, 6) is 0. The number of hydrogen-bond acceptors (Lipinski definition) is 1. The van der Waals surface area contributed by atoms with Gasteiger partial charge in [-0.25, -0.2) is 0 Å². The van der Waals surface area contributed by atoms with Crippen molar-refractivity contribution >= 4 is 0 Å². The van der Waals surface area contributed by atoms with Crippen LogP contribution in [-0.4, -0.2) is 11.2 Å². The Morgan fingerprint density at radius 3 is 2.62 bits per heavy atom. The Morgan fingerprint density at radius 1 is 1.19 bits per heavy atom. The molecule has 0 heterocycles. The van der Waals surface area contributed by atoms with Crippen molar-refractivity contribution in [1.29, 1.82) is 0 Å². The van der Waals surface area contributed by atoms with Gasteiger partial charge in [-0.15, -0.1) is 5.73 Å². The summed E-state index contributed by atoms with van der Waals surface area (Å²) < 4.78 is 0. The molecule has 0 aliphatic rings. The molecule has 0 aliphatic heterocycles. The van der Waals surface area contributed by atoms with Gasteiger partial charge in [-0.05, 0) is 51.2 Å². The van der Waals surface area contributed by atoms with Crippen molar-refractivity contribution in [2.45, 2.75) is 64.9 Å². The molecule has 0 aromatic heterocycles. The molecule has 0 fully saturated rings. The van der Waals surface area contributed by atoms with Crippen molar-refractivity contribution in [3.8, 4) is 0 Å². The van der Waals surface area contributed by atoms with Crippen molar-refractivity contribution in [2.24, 2.45) is 0 Å². The molecule has 0 unspecified atom stereocenters. The van der Waals surface area contributed by atoms with Gasteiger partial charge < -0.3 is 5.11 Å². The molecule has 0 spiro atoms. The average molecular weight is 222 g/mol. The van der Waals surface area contributed by atoms with Crippen LogP contribution in [0.1, 0.15) is 58.8 Å². The highest BCUT2D eigenvalue weighted by Crippen LogP contribution is 2.03. The first-order valence-corrected chi connectivity index (χ1v) is 6.49. The van der Waals surface area contributed by atoms with Crippen LogP contribution in [0.25, 0.3) is 0 Å². The number of allylic oxidation sites excluding steroid dienone is 2. The minimum absolute atomic E-state index is 0.200. The quantitative estimate of drug-likeness (QED) is 0.348. The molecule has 1 atom stereocenters. The van der Waals surface area contributed by atoms with Crippen molar-refractivity contribution in [2.75, 3.05) is 0 Å². The van der Waals surface area contributed by atoms with E-state index < -0.39 is 0 Å². The van der Waals surface area contributed by atoms with Crippen LogP contribution in [0.15, 0.2) is 30.0 Å². The highest BCUT2D eigenvalue weighted by atomic mass is 16.3. The van der Waals surface area contributed by atoms with Crippen molar-refractivity contribution in [1.82, 2.24) is 0 Å². The first-order valence-electron chi connectivity index (χ1n) is 6.49. The second-order valence-electron chi connectivity index (χ2n) is 4.11. The number of rotatable bonds is 9. The number of hydrogen-bond donors (Lipinski definition) is 1. The Balaban J connectivity index is 3.44. The third-order valence-corrected chi connectivity index (χ3v) is 2.48. The van der Waals surface area contributed by atoms with Crippen molar-refractivity contribution < 1.29 is 5.11 Å². The zero-order valence-electron chi connectivity index (χ0n) is 10.8. The fourth-order valence-corrected chi connectivity index (χ4v) is 1.43. The van der Waals surface area contributed by atoms with E-state index in [0.29, 0.717) is 0 Å². The summed E-state index contributed by atoms with van der Waals surface area (Å²) in [5.41, 5.74) is 3.18. The smallest absolute Gasteiger partial charge is 0.0577 e. The molecule has 1 N–H and O–H groups in total. The maximum Gasteiger partial charge on any atom is 0.0577 e. The van der Waals surface area contributed by atoms with E-state index in [1.54, 1.807) is 0 Å². The summed E-state index contributed by atoms with van der Waals surface area (Å²) in [6.45, 7) is 4.19. The maximum absolute atomic E-state index is 9.54. The van der Waals surface area contributed by atoms with Crippen LogP contribution in [0.3, 0.4) is 0 Å². The van der Waals surface area contributed by atoms with Crippen LogP contribution in [-0.2, 0) is 0 Å². The molecule has 92 valence electrons. The van der Waals surface area contributed by atoms with E-state index in [2.05, 4.69) is 18.7 Å². The van der Waals surface area contributed by atoms with Crippen LogP contribution in [0.5, 0.6) is 0 Å². The molecule has 1 heteroatoms. The van der Waals surface area contributed by atoms with Crippen LogP contribution < -0.4 is 0 Å². The van der Waals surface area contributed by atoms with Crippen LogP contribution in [0.2, 0.25) is 0 Å². The van der Waals surface area contributed by atoms with Gasteiger partial charge in [0.1, 0.15) is 0 Å². The zero-order valence-corrected chi connectivity index (χ0v) is 10.8. The van der Waals surface area contributed by atoms with E-state index in [9.17, 15) is 5.11 Å². The van der Waals surface area contributed by atoms with Gasteiger partial charge in [-0.2, -0.15) is 0 Å². The molecule has 0 saturated carbocycles. The van der Waals surface area contributed by atoms with E-state index in [-0.39, 0.29) is 6.10 Å². The summed E-state index contributed by atoms with van der Waals surface area (Å²) in [5, 5.41) is 9.54. The Bertz CT molecular complexity index is 222. The fraction of sp³-hybridized carbons (Fsp3) is 0.667. The Morgan fingerprint density at radius 2 is 1.94 bits per heavy atom. The van der Waals surface area contributed by atoms with Gasteiger partial charge >= 0.3 is 0 Å². The molecule has 0 rings (SSSR count). The molecule has 0 saturated heterocycles. The molecule has 0 aliphatic carbocycles. The highest BCUT2D eigenvalue weighted by Gasteiger charge is 1.98. The van der Waals surface area contributed by atoms with Gasteiger partial charge in [0.05, 0.1) is 6.10 Å². The van der Waals surface area contributed by atoms with Crippen LogP contribution >= 0.6 is 0 Å². The van der Waals surface area contributed by atoms with Gasteiger partial charge in [0.15, 0.2) is 0 Å². The molecule has 1 nitrogen and oxygen atoms in total. The summed E-state index contributed by atoms with van der Waals surface area (Å²) in [7, 11) is 0. The molecule has 0 aromatic carbocycles. The summed E-state index contributed by atoms with van der Waals surface area (Å²) in [6, 6.07) is 0. The van der Waals surface area contributed by atoms with Crippen LogP contribution in [0.4, 0.5) is 0 Å². The lowest BCUT2D eigenvalue weighted by Crippen LogP contribution is -2.03. The average Bonchev–Trinajstić information content (AvgIpc) is 2.30. The summed E-state index contributed by atoms with van der Waals surface area (Å²) in [6.07, 6.45) is 15.4. The Labute approximate surface area is 101 Å². The second kappa shape index (κ2) is 12.3. The third kappa shape index (κ3) is 11.3. The van der Waals surface area contributed by atoms with E-state index in [1.165, 1.54) is 19.3 Å². The maximum atomic E-state index is 9.54. The second-order valence-corrected chi connectivity index (χ2v) is 4.11. The van der Waals surface area contributed by atoms with E-state index >= 15 is 0 Å². The summed E-state index contributed by atoms with van der Waals surface area (Å²) >= 11 is 0. The predicted octanol–water partition coefficient (Wildman–Crippen LogP) is 4.39. The van der Waals surface area contributed by atoms with Crippen molar-refractivity contribution in [3.63, 3.8) is 0 Å². The predicted molar refractivity (Wildman–Crippen MR) is 71.5 cm³/mol. The zero-order chi connectivity index (χ0) is 12.1. The van der Waals surface area contributed by atoms with Gasteiger partial charge in [0, 0.05) is 0 Å². The van der Waals surface area contributed by atoms with Crippen molar-refractivity contribution in [3.05, 3.63) is 30.0 Å². The lowest BCUT2D eigenvalue weighted by molar-refractivity contribution is 0.169. The molecule has 0 bridgehead atoms. The van der Waals surface area contributed by atoms with Gasteiger partial charge in [-0.1, -0.05) is 31.9 Å². The Kier molecular flexibility index (Phi) is 11.7. The lowest BCUT2D eigenvalue weighted by Gasteiger charge is -2.03. The third-order valence-electron chi connectivity index (χ3n) is 2.48. The molecule has 16 heavy (non-hydrogen) atoms. The molecular weight excluding hydrogens is 196 g/mol. The molecule has 0 radical (unpaired) electrons. The summed E-state index contributed by atoms with van der Waals surface area (Å²) in [4.78, 5) is 0. The minimum Gasteiger partial charge on any atom is -0.393 e. The largest absolute Gasteiger partial charge is 0.393 e. The van der Waals surface area contributed by atoms with E-state index in [1.807, 2.05) is 25.2 Å². The normalized spacial score (nSPS) is 12.4. The molecular formula is C15H26O.